The molecule has 0 amide bonds. The van der Waals surface area contributed by atoms with Crippen LogP contribution in [-0.4, -0.2) is 18.2 Å². The third-order valence-electron chi connectivity index (χ3n) is 2.37. The summed E-state index contributed by atoms with van der Waals surface area (Å²) in [6, 6.07) is 7.36. The van der Waals surface area contributed by atoms with Gasteiger partial charge in [0.05, 0.1) is 0 Å². The molecule has 0 radical (unpaired) electrons. The van der Waals surface area contributed by atoms with Gasteiger partial charge in [-0.25, -0.2) is 0 Å². The molecule has 0 atom stereocenters. The Balaban J connectivity index is 2.14. The number of hydrogen-bond donors (Lipinski definition) is 2. The highest BCUT2D eigenvalue weighted by molar-refractivity contribution is 5.27. The lowest BCUT2D eigenvalue weighted by atomic mass is 10.1. The highest BCUT2D eigenvalue weighted by atomic mass is 16.3. The molecule has 0 aliphatic rings. The summed E-state index contributed by atoms with van der Waals surface area (Å²) in [6.45, 7) is 4.33. The van der Waals surface area contributed by atoms with Crippen LogP contribution in [0, 0.1) is 0 Å². The van der Waals surface area contributed by atoms with Gasteiger partial charge in [0.15, 0.2) is 0 Å². The Morgan fingerprint density at radius 3 is 2.56 bits per heavy atom. The monoisotopic (exact) mass is 219 g/mol. The van der Waals surface area contributed by atoms with Gasteiger partial charge in [0.1, 0.15) is 5.75 Å². The van der Waals surface area contributed by atoms with E-state index in [-0.39, 0.29) is 0 Å². The average Bonchev–Trinajstić information content (AvgIpc) is 2.30. The molecule has 0 unspecified atom stereocenters. The van der Waals surface area contributed by atoms with Gasteiger partial charge in [-0.3, -0.25) is 0 Å². The standard InChI is InChI=1S/C14H21NO/c1-2-11-15-12-5-3-4-6-13-7-9-14(16)10-8-13/h3-4,7-10,15-16H,2,5-6,11-12H2,1H3. The van der Waals surface area contributed by atoms with E-state index in [9.17, 15) is 0 Å². The van der Waals surface area contributed by atoms with Crippen LogP contribution in [0.4, 0.5) is 0 Å². The van der Waals surface area contributed by atoms with E-state index in [0.29, 0.717) is 5.75 Å². The maximum absolute atomic E-state index is 9.12. The molecule has 0 fully saturated rings. The van der Waals surface area contributed by atoms with Crippen LogP contribution in [0.1, 0.15) is 25.3 Å². The molecule has 0 saturated heterocycles. The third-order valence-corrected chi connectivity index (χ3v) is 2.37. The Morgan fingerprint density at radius 2 is 1.88 bits per heavy atom. The molecule has 1 aromatic rings. The summed E-state index contributed by atoms with van der Waals surface area (Å²) in [5, 5.41) is 12.5. The van der Waals surface area contributed by atoms with Crippen molar-refractivity contribution in [3.8, 4) is 5.75 Å². The highest BCUT2D eigenvalue weighted by Gasteiger charge is 1.89. The van der Waals surface area contributed by atoms with Gasteiger partial charge in [-0.1, -0.05) is 31.2 Å². The molecule has 0 heterocycles. The van der Waals surface area contributed by atoms with Crippen molar-refractivity contribution in [3.63, 3.8) is 0 Å². The molecule has 2 N–H and O–H groups in total. The number of phenols is 1. The summed E-state index contributed by atoms with van der Waals surface area (Å²) < 4.78 is 0. The predicted molar refractivity (Wildman–Crippen MR) is 68.7 cm³/mol. The summed E-state index contributed by atoms with van der Waals surface area (Å²) in [7, 11) is 0. The zero-order valence-electron chi connectivity index (χ0n) is 9.95. The topological polar surface area (TPSA) is 32.3 Å². The van der Waals surface area contributed by atoms with Gasteiger partial charge in [0.25, 0.3) is 0 Å². The van der Waals surface area contributed by atoms with Crippen LogP contribution in [0.5, 0.6) is 5.75 Å². The summed E-state index contributed by atoms with van der Waals surface area (Å²) >= 11 is 0. The van der Waals surface area contributed by atoms with E-state index >= 15 is 0 Å². The van der Waals surface area contributed by atoms with Crippen LogP contribution in [0.2, 0.25) is 0 Å². The second-order valence-corrected chi connectivity index (χ2v) is 3.88. The van der Waals surface area contributed by atoms with Gasteiger partial charge in [0, 0.05) is 0 Å². The fraction of sp³-hybridized carbons (Fsp3) is 0.429. The van der Waals surface area contributed by atoms with E-state index in [0.717, 1.165) is 25.9 Å². The van der Waals surface area contributed by atoms with Gasteiger partial charge >= 0.3 is 0 Å². The van der Waals surface area contributed by atoms with Crippen molar-refractivity contribution in [3.05, 3.63) is 42.0 Å². The van der Waals surface area contributed by atoms with Gasteiger partial charge in [-0.05, 0) is 50.0 Å². The molecule has 0 aliphatic carbocycles. The summed E-state index contributed by atoms with van der Waals surface area (Å²) in [5.74, 6) is 0.330. The highest BCUT2D eigenvalue weighted by Crippen LogP contribution is 2.10. The SMILES string of the molecule is CCCNCCC=CCc1ccc(O)cc1. The van der Waals surface area contributed by atoms with Crippen LogP contribution in [0.25, 0.3) is 0 Å². The number of rotatable bonds is 7. The lowest BCUT2D eigenvalue weighted by Gasteiger charge is -1.99. The van der Waals surface area contributed by atoms with Crippen molar-refractivity contribution in [1.29, 1.82) is 0 Å². The minimum atomic E-state index is 0.330. The zero-order chi connectivity index (χ0) is 11.6. The molecule has 1 aromatic carbocycles. The van der Waals surface area contributed by atoms with Crippen LogP contribution >= 0.6 is 0 Å². The summed E-state index contributed by atoms with van der Waals surface area (Å²) in [6.07, 6.45) is 7.60. The third kappa shape index (κ3) is 5.56. The second kappa shape index (κ2) is 7.94. The first kappa shape index (κ1) is 12.8. The Kier molecular flexibility index (Phi) is 6.35. The molecule has 16 heavy (non-hydrogen) atoms. The molecule has 0 saturated carbocycles. The van der Waals surface area contributed by atoms with Crippen LogP contribution in [0.15, 0.2) is 36.4 Å². The lowest BCUT2D eigenvalue weighted by Crippen LogP contribution is -2.14. The van der Waals surface area contributed by atoms with E-state index in [1.165, 1.54) is 12.0 Å². The van der Waals surface area contributed by atoms with Crippen LogP contribution in [0.3, 0.4) is 0 Å². The minimum absolute atomic E-state index is 0.330. The number of hydrogen-bond acceptors (Lipinski definition) is 2. The minimum Gasteiger partial charge on any atom is -0.508 e. The molecule has 2 nitrogen and oxygen atoms in total. The molecule has 0 spiro atoms. The van der Waals surface area contributed by atoms with Crippen molar-refractivity contribution in [1.82, 2.24) is 5.32 Å². The number of benzene rings is 1. The summed E-state index contributed by atoms with van der Waals surface area (Å²) in [4.78, 5) is 0. The van der Waals surface area contributed by atoms with Crippen molar-refractivity contribution in [2.24, 2.45) is 0 Å². The smallest absolute Gasteiger partial charge is 0.115 e. The molecular formula is C14H21NO. The van der Waals surface area contributed by atoms with E-state index in [2.05, 4.69) is 24.4 Å². The van der Waals surface area contributed by atoms with Crippen LogP contribution in [-0.2, 0) is 6.42 Å². The molecule has 0 aromatic heterocycles. The molecule has 1 rings (SSSR count). The molecule has 0 aliphatic heterocycles. The van der Waals surface area contributed by atoms with Crippen LogP contribution < -0.4 is 5.32 Å². The van der Waals surface area contributed by atoms with Gasteiger partial charge in [-0.15, -0.1) is 0 Å². The normalized spacial score (nSPS) is 11.1. The molecule has 0 bridgehead atoms. The van der Waals surface area contributed by atoms with E-state index in [1.807, 2.05) is 12.1 Å². The number of aromatic hydroxyl groups is 1. The Hall–Kier alpha value is -1.28. The van der Waals surface area contributed by atoms with E-state index in [1.54, 1.807) is 12.1 Å². The first-order valence-corrected chi connectivity index (χ1v) is 5.96. The maximum atomic E-state index is 9.12. The first-order valence-electron chi connectivity index (χ1n) is 5.96. The zero-order valence-corrected chi connectivity index (χ0v) is 9.95. The Bertz CT molecular complexity index is 303. The van der Waals surface area contributed by atoms with E-state index < -0.39 is 0 Å². The average molecular weight is 219 g/mol. The second-order valence-electron chi connectivity index (χ2n) is 3.88. The van der Waals surface area contributed by atoms with Gasteiger partial charge < -0.3 is 10.4 Å². The van der Waals surface area contributed by atoms with Gasteiger partial charge in [-0.2, -0.15) is 0 Å². The molecular weight excluding hydrogens is 198 g/mol. The quantitative estimate of drug-likeness (QED) is 0.546. The maximum Gasteiger partial charge on any atom is 0.115 e. The van der Waals surface area contributed by atoms with Crippen molar-refractivity contribution < 1.29 is 5.11 Å². The Labute approximate surface area is 98.0 Å². The van der Waals surface area contributed by atoms with Crippen molar-refractivity contribution in [2.45, 2.75) is 26.2 Å². The fourth-order valence-electron chi connectivity index (χ4n) is 1.46. The first-order chi connectivity index (χ1) is 7.83. The van der Waals surface area contributed by atoms with Crippen molar-refractivity contribution in [2.75, 3.05) is 13.1 Å². The fourth-order valence-corrected chi connectivity index (χ4v) is 1.46. The predicted octanol–water partition coefficient (Wildman–Crippen LogP) is 2.88. The van der Waals surface area contributed by atoms with Crippen molar-refractivity contribution >= 4 is 0 Å². The lowest BCUT2D eigenvalue weighted by molar-refractivity contribution is 0.475. The largest absolute Gasteiger partial charge is 0.508 e. The van der Waals surface area contributed by atoms with Gasteiger partial charge in [0.2, 0.25) is 0 Å². The number of phenolic OH excluding ortho intramolecular Hbond substituents is 1. The number of allylic oxidation sites excluding steroid dienone is 1. The summed E-state index contributed by atoms with van der Waals surface area (Å²) in [5.41, 5.74) is 1.23. The van der Waals surface area contributed by atoms with E-state index in [4.69, 9.17) is 5.11 Å². The number of nitrogens with one attached hydrogen (secondary N) is 1. The molecule has 88 valence electrons. The Morgan fingerprint density at radius 1 is 1.12 bits per heavy atom. The molecule has 2 heteroatoms.